The van der Waals surface area contributed by atoms with Gasteiger partial charge in [0.25, 0.3) is 0 Å². The van der Waals surface area contributed by atoms with Crippen molar-refractivity contribution >= 4 is 5.96 Å². The Morgan fingerprint density at radius 3 is 2.36 bits per heavy atom. The van der Waals surface area contributed by atoms with E-state index in [1.54, 1.807) is 14.2 Å². The highest BCUT2D eigenvalue weighted by Crippen LogP contribution is 2.40. The fourth-order valence-electron chi connectivity index (χ4n) is 3.68. The molecule has 0 aliphatic heterocycles. The maximum absolute atomic E-state index is 5.61. The third kappa shape index (κ3) is 7.68. The molecule has 0 heterocycles. The molecular weight excluding hydrogens is 354 g/mol. The molecule has 28 heavy (non-hydrogen) atoms. The molecule has 0 atom stereocenters. The molecule has 0 amide bonds. The highest BCUT2D eigenvalue weighted by atomic mass is 16.5. The van der Waals surface area contributed by atoms with Gasteiger partial charge in [0.05, 0.1) is 13.2 Å². The first-order valence-electron chi connectivity index (χ1n) is 10.4. The van der Waals surface area contributed by atoms with E-state index < -0.39 is 0 Å². The summed E-state index contributed by atoms with van der Waals surface area (Å²) in [6.07, 6.45) is 6.29. The number of ether oxygens (including phenoxy) is 3. The van der Waals surface area contributed by atoms with E-state index in [2.05, 4.69) is 29.7 Å². The summed E-state index contributed by atoms with van der Waals surface area (Å²) in [5.74, 6) is 1.74. The number of guanidine groups is 1. The molecule has 1 fully saturated rings. The first-order chi connectivity index (χ1) is 13.7. The van der Waals surface area contributed by atoms with Gasteiger partial charge >= 0.3 is 0 Å². The van der Waals surface area contributed by atoms with Crippen LogP contribution in [0.15, 0.2) is 29.3 Å². The van der Waals surface area contributed by atoms with Gasteiger partial charge in [-0.3, -0.25) is 0 Å². The average molecular weight is 392 g/mol. The van der Waals surface area contributed by atoms with Crippen molar-refractivity contribution in [2.24, 2.45) is 10.4 Å². The van der Waals surface area contributed by atoms with Crippen LogP contribution in [0.3, 0.4) is 0 Å². The summed E-state index contributed by atoms with van der Waals surface area (Å²) in [5, 5.41) is 6.94. The van der Waals surface area contributed by atoms with Crippen LogP contribution in [-0.2, 0) is 16.0 Å². The molecule has 1 saturated carbocycles. The van der Waals surface area contributed by atoms with Crippen LogP contribution in [0.2, 0.25) is 0 Å². The lowest BCUT2D eigenvalue weighted by molar-refractivity contribution is 0.138. The zero-order valence-electron chi connectivity index (χ0n) is 17.8. The Morgan fingerprint density at radius 1 is 1.00 bits per heavy atom. The van der Waals surface area contributed by atoms with Crippen LogP contribution in [-0.4, -0.2) is 53.1 Å². The van der Waals surface area contributed by atoms with Gasteiger partial charge in [-0.1, -0.05) is 25.0 Å². The Hall–Kier alpha value is -1.79. The number of benzene rings is 1. The van der Waals surface area contributed by atoms with Gasteiger partial charge in [-0.15, -0.1) is 0 Å². The molecule has 2 rings (SSSR count). The standard InChI is InChI=1S/C22H37N3O3/c1-4-23-21(25-18-22(13-14-26-2)11-5-6-12-22)24-17-19-7-9-20(10-8-19)28-16-15-27-3/h7-10H,4-6,11-18H2,1-3H3,(H2,23,24,25). The van der Waals surface area contributed by atoms with Gasteiger partial charge in [-0.2, -0.15) is 0 Å². The van der Waals surface area contributed by atoms with E-state index in [0.29, 0.717) is 25.2 Å². The van der Waals surface area contributed by atoms with Gasteiger partial charge < -0.3 is 24.8 Å². The first-order valence-corrected chi connectivity index (χ1v) is 10.4. The summed E-state index contributed by atoms with van der Waals surface area (Å²) >= 11 is 0. The molecule has 2 N–H and O–H groups in total. The Kier molecular flexibility index (Phi) is 10.1. The molecule has 0 bridgehead atoms. The van der Waals surface area contributed by atoms with Gasteiger partial charge in [-0.05, 0) is 49.3 Å². The highest BCUT2D eigenvalue weighted by Gasteiger charge is 2.33. The molecule has 158 valence electrons. The molecule has 0 aromatic heterocycles. The fourth-order valence-corrected chi connectivity index (χ4v) is 3.68. The molecule has 0 saturated heterocycles. The molecule has 1 aliphatic carbocycles. The van der Waals surface area contributed by atoms with Crippen molar-refractivity contribution in [1.29, 1.82) is 0 Å². The summed E-state index contributed by atoms with van der Waals surface area (Å²) in [6, 6.07) is 8.09. The van der Waals surface area contributed by atoms with Gasteiger partial charge in [0, 0.05) is 33.9 Å². The molecule has 6 heteroatoms. The third-order valence-electron chi connectivity index (χ3n) is 5.38. The predicted octanol–water partition coefficient (Wildman–Crippen LogP) is 3.36. The second-order valence-corrected chi connectivity index (χ2v) is 7.48. The number of methoxy groups -OCH3 is 2. The summed E-state index contributed by atoms with van der Waals surface area (Å²) < 4.78 is 15.9. The van der Waals surface area contributed by atoms with E-state index in [-0.39, 0.29) is 0 Å². The van der Waals surface area contributed by atoms with E-state index in [1.165, 1.54) is 25.7 Å². The van der Waals surface area contributed by atoms with Gasteiger partial charge in [-0.25, -0.2) is 4.99 Å². The minimum Gasteiger partial charge on any atom is -0.491 e. The molecule has 6 nitrogen and oxygen atoms in total. The quantitative estimate of drug-likeness (QED) is 0.325. The lowest BCUT2D eigenvalue weighted by Crippen LogP contribution is -2.43. The van der Waals surface area contributed by atoms with E-state index in [4.69, 9.17) is 19.2 Å². The summed E-state index contributed by atoms with van der Waals surface area (Å²) in [5.41, 5.74) is 1.50. The largest absolute Gasteiger partial charge is 0.491 e. The van der Waals surface area contributed by atoms with Crippen molar-refractivity contribution in [2.75, 3.05) is 47.1 Å². The Morgan fingerprint density at radius 2 is 1.71 bits per heavy atom. The van der Waals surface area contributed by atoms with Crippen molar-refractivity contribution in [3.05, 3.63) is 29.8 Å². The van der Waals surface area contributed by atoms with Crippen LogP contribution < -0.4 is 15.4 Å². The molecular formula is C22H37N3O3. The van der Waals surface area contributed by atoms with Crippen LogP contribution in [0, 0.1) is 5.41 Å². The highest BCUT2D eigenvalue weighted by molar-refractivity contribution is 5.79. The molecule has 1 aromatic rings. The summed E-state index contributed by atoms with van der Waals surface area (Å²) in [4.78, 5) is 4.76. The maximum atomic E-state index is 5.61. The van der Waals surface area contributed by atoms with Crippen LogP contribution in [0.1, 0.15) is 44.6 Å². The Labute approximate surface area is 170 Å². The number of aliphatic imine (C=N–C) groups is 1. The zero-order chi connectivity index (χ0) is 20.1. The molecule has 1 aliphatic rings. The second kappa shape index (κ2) is 12.6. The number of rotatable bonds is 12. The van der Waals surface area contributed by atoms with Crippen molar-refractivity contribution in [1.82, 2.24) is 10.6 Å². The molecule has 1 aromatic carbocycles. The number of nitrogens with one attached hydrogen (secondary N) is 2. The topological polar surface area (TPSA) is 64.1 Å². The molecule has 0 spiro atoms. The zero-order valence-corrected chi connectivity index (χ0v) is 17.8. The summed E-state index contributed by atoms with van der Waals surface area (Å²) in [7, 11) is 3.46. The number of nitrogens with zero attached hydrogens (tertiary/aromatic N) is 1. The van der Waals surface area contributed by atoms with E-state index in [9.17, 15) is 0 Å². The van der Waals surface area contributed by atoms with Crippen LogP contribution >= 0.6 is 0 Å². The van der Waals surface area contributed by atoms with Crippen molar-refractivity contribution in [3.8, 4) is 5.75 Å². The smallest absolute Gasteiger partial charge is 0.191 e. The lowest BCUT2D eigenvalue weighted by Gasteiger charge is -2.30. The van der Waals surface area contributed by atoms with Gasteiger partial charge in [0.1, 0.15) is 12.4 Å². The maximum Gasteiger partial charge on any atom is 0.191 e. The first kappa shape index (κ1) is 22.5. The van der Waals surface area contributed by atoms with Crippen molar-refractivity contribution in [3.63, 3.8) is 0 Å². The normalized spacial score (nSPS) is 16.2. The van der Waals surface area contributed by atoms with E-state index in [0.717, 1.165) is 43.4 Å². The van der Waals surface area contributed by atoms with E-state index in [1.807, 2.05) is 12.1 Å². The number of hydrogen-bond donors (Lipinski definition) is 2. The predicted molar refractivity (Wildman–Crippen MR) is 114 cm³/mol. The summed E-state index contributed by atoms with van der Waals surface area (Å²) in [6.45, 7) is 6.52. The Bertz CT molecular complexity index is 569. The SMILES string of the molecule is CCNC(=NCc1ccc(OCCOC)cc1)NCC1(CCOC)CCCC1. The third-order valence-corrected chi connectivity index (χ3v) is 5.38. The van der Waals surface area contributed by atoms with E-state index >= 15 is 0 Å². The minimum atomic E-state index is 0.341. The lowest BCUT2D eigenvalue weighted by atomic mass is 9.83. The number of hydrogen-bond acceptors (Lipinski definition) is 4. The molecule has 0 unspecified atom stereocenters. The van der Waals surface area contributed by atoms with Gasteiger partial charge in [0.15, 0.2) is 5.96 Å². The van der Waals surface area contributed by atoms with Crippen LogP contribution in [0.5, 0.6) is 5.75 Å². The van der Waals surface area contributed by atoms with Crippen LogP contribution in [0.4, 0.5) is 0 Å². The fraction of sp³-hybridized carbons (Fsp3) is 0.682. The van der Waals surface area contributed by atoms with Crippen LogP contribution in [0.25, 0.3) is 0 Å². The van der Waals surface area contributed by atoms with Gasteiger partial charge in [0.2, 0.25) is 0 Å². The van der Waals surface area contributed by atoms with Crippen molar-refractivity contribution in [2.45, 2.75) is 45.6 Å². The average Bonchev–Trinajstić information content (AvgIpc) is 3.19. The minimum absolute atomic E-state index is 0.341. The monoisotopic (exact) mass is 391 g/mol. The van der Waals surface area contributed by atoms with Crippen molar-refractivity contribution < 1.29 is 14.2 Å². The Balaban J connectivity index is 1.88. The molecule has 0 radical (unpaired) electrons. The second-order valence-electron chi connectivity index (χ2n) is 7.48.